The summed E-state index contributed by atoms with van der Waals surface area (Å²) in [6.45, 7) is 3.46. The minimum absolute atomic E-state index is 0.195. The quantitative estimate of drug-likeness (QED) is 0.819. The highest BCUT2D eigenvalue weighted by Gasteiger charge is 2.26. The van der Waals surface area contributed by atoms with E-state index in [0.29, 0.717) is 11.4 Å². The fraction of sp³-hybridized carbons (Fsp3) is 0.417. The average molecular weight is 305 g/mol. The second kappa shape index (κ2) is 5.79. The molecule has 0 atom stereocenters. The highest BCUT2D eigenvalue weighted by Crippen LogP contribution is 2.22. The first-order chi connectivity index (χ1) is 8.64. The molecule has 0 aromatic heterocycles. The van der Waals surface area contributed by atoms with Crippen LogP contribution in [0, 0.1) is 5.41 Å². The van der Waals surface area contributed by atoms with Crippen LogP contribution in [-0.2, 0) is 14.8 Å². The van der Waals surface area contributed by atoms with E-state index in [9.17, 15) is 13.2 Å². The third-order valence-corrected chi connectivity index (χ3v) is 3.65. The maximum Gasteiger partial charge on any atom is 0.231 e. The van der Waals surface area contributed by atoms with E-state index in [1.165, 1.54) is 0 Å². The van der Waals surface area contributed by atoms with Crippen molar-refractivity contribution in [2.24, 2.45) is 5.41 Å². The maximum absolute atomic E-state index is 11.9. The Hall–Kier alpha value is -1.27. The molecule has 7 heteroatoms. The summed E-state index contributed by atoms with van der Waals surface area (Å²) in [6, 6.07) is 6.47. The van der Waals surface area contributed by atoms with Crippen molar-refractivity contribution in [1.29, 1.82) is 0 Å². The molecule has 0 heterocycles. The van der Waals surface area contributed by atoms with Crippen LogP contribution in [0.2, 0.25) is 0 Å². The average Bonchev–Trinajstić information content (AvgIpc) is 2.27. The molecule has 0 aliphatic heterocycles. The van der Waals surface area contributed by atoms with Crippen molar-refractivity contribution < 1.29 is 13.2 Å². The van der Waals surface area contributed by atoms with Crippen LogP contribution in [-0.4, -0.2) is 26.5 Å². The Bertz CT molecular complexity index is 570. The van der Waals surface area contributed by atoms with Gasteiger partial charge in [-0.25, -0.2) is 8.42 Å². The van der Waals surface area contributed by atoms with Gasteiger partial charge in [0.1, 0.15) is 0 Å². The molecular formula is C12H17ClN2O3S. The van der Waals surface area contributed by atoms with Crippen LogP contribution in [0.4, 0.5) is 11.4 Å². The van der Waals surface area contributed by atoms with Gasteiger partial charge in [0, 0.05) is 11.6 Å². The summed E-state index contributed by atoms with van der Waals surface area (Å²) >= 11 is 5.72. The van der Waals surface area contributed by atoms with Crippen LogP contribution >= 0.6 is 11.6 Å². The first kappa shape index (κ1) is 15.8. The van der Waals surface area contributed by atoms with Gasteiger partial charge in [0.25, 0.3) is 0 Å². The Morgan fingerprint density at radius 1 is 1.32 bits per heavy atom. The van der Waals surface area contributed by atoms with Crippen molar-refractivity contribution in [1.82, 2.24) is 0 Å². The first-order valence-corrected chi connectivity index (χ1v) is 8.02. The summed E-state index contributed by atoms with van der Waals surface area (Å²) in [4.78, 5) is 11.9. The number of anilines is 2. The topological polar surface area (TPSA) is 75.3 Å². The van der Waals surface area contributed by atoms with Crippen LogP contribution in [0.3, 0.4) is 0 Å². The molecule has 0 bridgehead atoms. The van der Waals surface area contributed by atoms with Gasteiger partial charge in [0.15, 0.2) is 0 Å². The smallest absolute Gasteiger partial charge is 0.231 e. The fourth-order valence-electron chi connectivity index (χ4n) is 1.24. The summed E-state index contributed by atoms with van der Waals surface area (Å²) in [5.74, 6) is -0.0286. The highest BCUT2D eigenvalue weighted by atomic mass is 35.5. The van der Waals surface area contributed by atoms with E-state index in [1.807, 2.05) is 0 Å². The van der Waals surface area contributed by atoms with Gasteiger partial charge in [0.2, 0.25) is 15.9 Å². The molecule has 1 aromatic rings. The van der Waals surface area contributed by atoms with E-state index in [1.54, 1.807) is 38.1 Å². The largest absolute Gasteiger partial charge is 0.326 e. The zero-order valence-corrected chi connectivity index (χ0v) is 12.6. The Morgan fingerprint density at radius 2 is 1.89 bits per heavy atom. The van der Waals surface area contributed by atoms with Crippen LogP contribution in [0.5, 0.6) is 0 Å². The molecule has 0 aliphatic carbocycles. The maximum atomic E-state index is 11.9. The number of benzene rings is 1. The van der Waals surface area contributed by atoms with Gasteiger partial charge in [-0.1, -0.05) is 6.07 Å². The minimum atomic E-state index is -3.34. The van der Waals surface area contributed by atoms with Gasteiger partial charge in [-0.15, -0.1) is 11.6 Å². The molecule has 5 nitrogen and oxygen atoms in total. The molecule has 1 amide bonds. The van der Waals surface area contributed by atoms with E-state index in [-0.39, 0.29) is 11.8 Å². The lowest BCUT2D eigenvalue weighted by molar-refractivity contribution is -0.122. The van der Waals surface area contributed by atoms with Crippen LogP contribution in [0.15, 0.2) is 24.3 Å². The summed E-state index contributed by atoms with van der Waals surface area (Å²) < 4.78 is 24.6. The standard InChI is InChI=1S/C12H17ClN2O3S/c1-12(2,8-13)11(16)14-9-5-4-6-10(7-9)15-19(3,17)18/h4-7,15H,8H2,1-3H3,(H,14,16). The van der Waals surface area contributed by atoms with E-state index in [4.69, 9.17) is 11.6 Å². The van der Waals surface area contributed by atoms with Gasteiger partial charge < -0.3 is 5.32 Å². The molecule has 1 aromatic carbocycles. The van der Waals surface area contributed by atoms with Gasteiger partial charge in [-0.05, 0) is 32.0 Å². The molecule has 0 saturated heterocycles. The lowest BCUT2D eigenvalue weighted by Crippen LogP contribution is -2.32. The number of carbonyl (C=O) groups is 1. The molecule has 0 radical (unpaired) electrons. The van der Waals surface area contributed by atoms with Crippen molar-refractivity contribution in [3.8, 4) is 0 Å². The number of rotatable bonds is 5. The first-order valence-electron chi connectivity index (χ1n) is 5.59. The second-order valence-corrected chi connectivity index (χ2v) is 6.94. The molecule has 0 aliphatic rings. The fourth-order valence-corrected chi connectivity index (χ4v) is 1.91. The molecule has 2 N–H and O–H groups in total. The van der Waals surface area contributed by atoms with Gasteiger partial charge in [0.05, 0.1) is 17.4 Å². The normalized spacial score (nSPS) is 12.0. The van der Waals surface area contributed by atoms with Crippen molar-refractivity contribution in [2.45, 2.75) is 13.8 Å². The summed E-state index contributed by atoms with van der Waals surface area (Å²) in [5.41, 5.74) is 0.211. The zero-order valence-electron chi connectivity index (χ0n) is 11.0. The highest BCUT2D eigenvalue weighted by molar-refractivity contribution is 7.92. The van der Waals surface area contributed by atoms with Crippen LogP contribution in [0.25, 0.3) is 0 Å². The summed E-state index contributed by atoms with van der Waals surface area (Å²) in [7, 11) is -3.34. The number of halogens is 1. The second-order valence-electron chi connectivity index (χ2n) is 4.93. The van der Waals surface area contributed by atoms with E-state index in [2.05, 4.69) is 10.0 Å². The van der Waals surface area contributed by atoms with E-state index in [0.717, 1.165) is 6.26 Å². The molecule has 19 heavy (non-hydrogen) atoms. The lowest BCUT2D eigenvalue weighted by Gasteiger charge is -2.20. The monoisotopic (exact) mass is 304 g/mol. The molecular weight excluding hydrogens is 288 g/mol. The number of alkyl halides is 1. The Balaban J connectivity index is 2.87. The predicted molar refractivity (Wildman–Crippen MR) is 78.0 cm³/mol. The number of carbonyl (C=O) groups excluding carboxylic acids is 1. The van der Waals surface area contributed by atoms with Gasteiger partial charge in [-0.3, -0.25) is 9.52 Å². The predicted octanol–water partition coefficient (Wildman–Crippen LogP) is 2.26. The van der Waals surface area contributed by atoms with Crippen molar-refractivity contribution in [3.63, 3.8) is 0 Å². The molecule has 0 unspecified atom stereocenters. The third-order valence-electron chi connectivity index (χ3n) is 2.37. The number of sulfonamides is 1. The van der Waals surface area contributed by atoms with Crippen molar-refractivity contribution in [2.75, 3.05) is 22.2 Å². The minimum Gasteiger partial charge on any atom is -0.326 e. The number of amides is 1. The Labute approximate surface area is 118 Å². The summed E-state index contributed by atoms with van der Waals surface area (Å²) in [5, 5.41) is 2.70. The Kier molecular flexibility index (Phi) is 4.81. The molecule has 0 saturated carbocycles. The van der Waals surface area contributed by atoms with Gasteiger partial charge >= 0.3 is 0 Å². The van der Waals surface area contributed by atoms with E-state index < -0.39 is 15.4 Å². The van der Waals surface area contributed by atoms with Gasteiger partial charge in [-0.2, -0.15) is 0 Å². The number of nitrogens with one attached hydrogen (secondary N) is 2. The number of hydrogen-bond donors (Lipinski definition) is 2. The van der Waals surface area contributed by atoms with Crippen LogP contribution in [0.1, 0.15) is 13.8 Å². The van der Waals surface area contributed by atoms with Crippen LogP contribution < -0.4 is 10.0 Å². The molecule has 0 fully saturated rings. The summed E-state index contributed by atoms with van der Waals surface area (Å²) in [6.07, 6.45) is 1.06. The van der Waals surface area contributed by atoms with Crippen molar-refractivity contribution >= 4 is 38.9 Å². The third kappa shape index (κ3) is 5.08. The molecule has 1 rings (SSSR count). The molecule has 0 spiro atoms. The molecule has 106 valence electrons. The number of hydrogen-bond acceptors (Lipinski definition) is 3. The van der Waals surface area contributed by atoms with E-state index >= 15 is 0 Å². The Morgan fingerprint density at radius 3 is 2.42 bits per heavy atom. The van der Waals surface area contributed by atoms with Crippen molar-refractivity contribution in [3.05, 3.63) is 24.3 Å². The SMILES string of the molecule is CC(C)(CCl)C(=O)Nc1cccc(NS(C)(=O)=O)c1. The lowest BCUT2D eigenvalue weighted by atomic mass is 9.95. The zero-order chi connectivity index (χ0) is 14.7.